The fraction of sp³-hybridized carbons (Fsp3) is 0.507. The number of hydrogen-bond donors (Lipinski definition) is 3. The summed E-state index contributed by atoms with van der Waals surface area (Å²) in [5.74, 6) is 6.57. The van der Waals surface area contributed by atoms with Crippen LogP contribution in [0, 0.1) is 59.2 Å². The molecule has 10 heteroatoms. The van der Waals surface area contributed by atoms with Gasteiger partial charge in [0.25, 0.3) is 11.8 Å². The van der Waals surface area contributed by atoms with Crippen LogP contribution in [0.4, 0.5) is 0 Å². The van der Waals surface area contributed by atoms with Crippen LogP contribution in [-0.2, 0) is 23.9 Å². The lowest BCUT2D eigenvalue weighted by Crippen LogP contribution is -2.43. The summed E-state index contributed by atoms with van der Waals surface area (Å²) in [6.07, 6.45) is 34.8. The van der Waals surface area contributed by atoms with Crippen molar-refractivity contribution in [2.45, 2.75) is 154 Å². The van der Waals surface area contributed by atoms with E-state index in [1.807, 2.05) is 84.9 Å². The molecule has 10 nitrogen and oxygen atoms in total. The molecular formula is C71H90N2O8. The van der Waals surface area contributed by atoms with E-state index in [9.17, 15) is 24.0 Å². The van der Waals surface area contributed by atoms with Crippen molar-refractivity contribution in [2.24, 2.45) is 59.2 Å². The molecule has 0 saturated heterocycles. The molecule has 4 aromatic carbocycles. The lowest BCUT2D eigenvalue weighted by molar-refractivity contribution is -0.141. The molecule has 432 valence electrons. The number of carboxylic acids is 1. The minimum atomic E-state index is -0.735. The van der Waals surface area contributed by atoms with Crippen LogP contribution in [0.15, 0.2) is 146 Å². The van der Waals surface area contributed by atoms with Gasteiger partial charge in [-0.05, 0) is 221 Å². The zero-order valence-electron chi connectivity index (χ0n) is 48.4. The summed E-state index contributed by atoms with van der Waals surface area (Å²) >= 11 is 0. The molecular weight excluding hydrogens is 1010 g/mol. The van der Waals surface area contributed by atoms with Gasteiger partial charge in [0.05, 0.1) is 14.2 Å². The number of fused-ring (bicyclic) bond motifs is 6. The van der Waals surface area contributed by atoms with E-state index >= 15 is 0 Å². The Kier molecular flexibility index (Phi) is 23.2. The molecule has 0 heterocycles. The molecule has 2 amide bonds. The van der Waals surface area contributed by atoms with Crippen molar-refractivity contribution in [2.75, 3.05) is 14.2 Å². The van der Waals surface area contributed by atoms with Crippen LogP contribution >= 0.6 is 0 Å². The molecule has 2 unspecified atom stereocenters. The predicted molar refractivity (Wildman–Crippen MR) is 323 cm³/mol. The lowest BCUT2D eigenvalue weighted by atomic mass is 9.78. The topological polar surface area (TPSA) is 148 Å². The van der Waals surface area contributed by atoms with Crippen molar-refractivity contribution in [1.29, 1.82) is 0 Å². The van der Waals surface area contributed by atoms with E-state index in [2.05, 4.69) is 87.8 Å². The van der Waals surface area contributed by atoms with Crippen LogP contribution in [0.5, 0.6) is 0 Å². The molecule has 6 fully saturated rings. The summed E-state index contributed by atoms with van der Waals surface area (Å²) in [6, 6.07) is 36.7. The highest BCUT2D eigenvalue weighted by Crippen LogP contribution is 2.54. The van der Waals surface area contributed by atoms with Crippen LogP contribution in [0.1, 0.15) is 162 Å². The molecule has 0 spiro atoms. The maximum atomic E-state index is 13.0. The highest BCUT2D eigenvalue weighted by molar-refractivity contribution is 5.95. The molecule has 6 saturated carbocycles. The first-order valence-electron chi connectivity index (χ1n) is 30.7. The van der Waals surface area contributed by atoms with Crippen molar-refractivity contribution in [3.05, 3.63) is 157 Å². The standard InChI is InChI=1S/C28H33NO3.C27H31NO3.C16H26O2/c1-32-26(30)12-8-3-2-7-11-25-23-17-18-24(19-23)27(25)29-28(31)22-15-13-21(14-16-22)20-9-5-4-6-10-20;29-25(30)11-7-2-1-6-10-24-22-16-17-23(18-22)26(24)28-27(31)21-14-12-20(13-15-21)19-8-4-3-5-9-19;1-12-13-9-10-14(11-13)15(12)7-5-3-4-6-8-16(17)18-2/h2,4-7,9-10,13-16,23-25,27H,3,8,11-12,17-19H2,1H3,(H,29,31);1,3-6,8-9,12-15,22-24,26H,2,7,10-11,16-18H2,(H,28,31)(H,29,30);3,5,12-15H,4,6-11H2,1-2H3/b7-2-;6-1-;5-3-/t23-,24+,25+,27?;22-,23+,24+,26?;12-,13-,14+,15+/m001/s1. The van der Waals surface area contributed by atoms with E-state index in [0.29, 0.717) is 60.3 Å². The Morgan fingerprint density at radius 2 is 0.790 bits per heavy atom. The highest BCUT2D eigenvalue weighted by Gasteiger charge is 2.49. The van der Waals surface area contributed by atoms with Gasteiger partial charge in [-0.1, -0.05) is 128 Å². The smallest absolute Gasteiger partial charge is 0.305 e. The number of rotatable bonds is 24. The first-order valence-corrected chi connectivity index (χ1v) is 30.7. The summed E-state index contributed by atoms with van der Waals surface area (Å²) in [4.78, 5) is 58.7. The number of aliphatic carboxylic acids is 1. The lowest BCUT2D eigenvalue weighted by Gasteiger charge is -2.31. The number of ether oxygens (including phenoxy) is 2. The van der Waals surface area contributed by atoms with E-state index in [4.69, 9.17) is 5.11 Å². The number of benzene rings is 4. The van der Waals surface area contributed by atoms with Gasteiger partial charge < -0.3 is 25.2 Å². The number of nitrogens with one attached hydrogen (secondary N) is 2. The maximum absolute atomic E-state index is 13.0. The third kappa shape index (κ3) is 17.2. The van der Waals surface area contributed by atoms with Crippen LogP contribution in [-0.4, -0.2) is 61.1 Å². The first kappa shape index (κ1) is 60.5. The highest BCUT2D eigenvalue weighted by atomic mass is 16.5. The normalized spacial score (nSPS) is 26.5. The quantitative estimate of drug-likeness (QED) is 0.0357. The van der Waals surface area contributed by atoms with Crippen LogP contribution in [0.3, 0.4) is 0 Å². The summed E-state index contributed by atoms with van der Waals surface area (Å²) < 4.78 is 9.31. The first-order chi connectivity index (χ1) is 39.5. The second-order valence-corrected chi connectivity index (χ2v) is 24.1. The molecule has 6 aliphatic carbocycles. The minimum absolute atomic E-state index is 0.0209. The fourth-order valence-corrected chi connectivity index (χ4v) is 14.8. The number of esters is 2. The molecule has 0 radical (unpaired) electrons. The number of carbonyl (C=O) groups is 5. The van der Waals surface area contributed by atoms with E-state index < -0.39 is 5.97 Å². The summed E-state index contributed by atoms with van der Waals surface area (Å²) in [6.45, 7) is 2.44. The molecule has 10 rings (SSSR count). The van der Waals surface area contributed by atoms with Crippen molar-refractivity contribution < 1.29 is 38.6 Å². The number of hydrogen-bond acceptors (Lipinski definition) is 7. The number of carboxylic acid groups (broad SMARTS) is 1. The summed E-state index contributed by atoms with van der Waals surface area (Å²) in [7, 11) is 2.88. The molecule has 0 aromatic heterocycles. The zero-order valence-corrected chi connectivity index (χ0v) is 48.4. The zero-order chi connectivity index (χ0) is 56.9. The number of amides is 2. The predicted octanol–water partition coefficient (Wildman–Crippen LogP) is 15.4. The molecule has 4 aromatic rings. The van der Waals surface area contributed by atoms with E-state index in [1.54, 1.807) is 0 Å². The van der Waals surface area contributed by atoms with Gasteiger partial charge in [-0.2, -0.15) is 0 Å². The van der Waals surface area contributed by atoms with Crippen molar-refractivity contribution >= 4 is 29.7 Å². The number of carbonyl (C=O) groups excluding carboxylic acids is 4. The van der Waals surface area contributed by atoms with E-state index in [-0.39, 0.29) is 42.3 Å². The summed E-state index contributed by atoms with van der Waals surface area (Å²) in [5.41, 5.74) is 5.99. The number of methoxy groups -OCH3 is 2. The minimum Gasteiger partial charge on any atom is -0.481 e. The average molecular weight is 1100 g/mol. The van der Waals surface area contributed by atoms with Gasteiger partial charge in [-0.3, -0.25) is 24.0 Å². The monoisotopic (exact) mass is 1100 g/mol. The van der Waals surface area contributed by atoms with Crippen molar-refractivity contribution in [3.8, 4) is 22.3 Å². The third-order valence-electron chi connectivity index (χ3n) is 19.3. The molecule has 0 aliphatic heterocycles. The van der Waals surface area contributed by atoms with Gasteiger partial charge in [0.15, 0.2) is 0 Å². The van der Waals surface area contributed by atoms with Gasteiger partial charge in [0.2, 0.25) is 0 Å². The fourth-order valence-electron chi connectivity index (χ4n) is 14.8. The van der Waals surface area contributed by atoms with Crippen LogP contribution in [0.25, 0.3) is 22.3 Å². The van der Waals surface area contributed by atoms with E-state index in [1.165, 1.54) is 78.4 Å². The Hall–Kier alpha value is -6.55. The van der Waals surface area contributed by atoms with Gasteiger partial charge in [-0.15, -0.1) is 0 Å². The largest absolute Gasteiger partial charge is 0.481 e. The van der Waals surface area contributed by atoms with Crippen molar-refractivity contribution in [1.82, 2.24) is 10.6 Å². The SMILES string of the molecule is COC(=O)CCC/C=C\C[C@@H]1[C@H]2CC[C@H](C2)[C@H]1C.COC(=O)CCC/C=C\C[C@H]1C(NC(=O)c2ccc(-c3ccccc3)cc2)[C@@H]2CC[C@H]1C2.O=C(O)CCC/C=C\C[C@H]1C(NC(=O)c2ccc(-c3ccccc3)cc2)[C@@H]2CC[C@H]1C2. The average Bonchev–Trinajstić information content (AvgIpc) is 4.42. The molecule has 6 bridgehead atoms. The second-order valence-electron chi connectivity index (χ2n) is 24.1. The number of unbranched alkanes of at least 4 members (excludes halogenated alkanes) is 3. The Bertz CT molecular complexity index is 2720. The molecule has 3 N–H and O–H groups in total. The Balaban J connectivity index is 0.000000166. The second kappa shape index (κ2) is 31.0. The van der Waals surface area contributed by atoms with Gasteiger partial charge in [0.1, 0.15) is 0 Å². The van der Waals surface area contributed by atoms with E-state index in [0.717, 1.165) is 96.4 Å². The van der Waals surface area contributed by atoms with Gasteiger partial charge in [0, 0.05) is 42.5 Å². The molecule has 6 aliphatic rings. The molecule has 81 heavy (non-hydrogen) atoms. The van der Waals surface area contributed by atoms with Crippen molar-refractivity contribution in [3.63, 3.8) is 0 Å². The van der Waals surface area contributed by atoms with Gasteiger partial charge in [-0.25, -0.2) is 0 Å². The van der Waals surface area contributed by atoms with Gasteiger partial charge >= 0.3 is 17.9 Å². The van der Waals surface area contributed by atoms with Crippen LogP contribution < -0.4 is 10.6 Å². The third-order valence-corrected chi connectivity index (χ3v) is 19.3. The molecule has 12 atom stereocenters. The summed E-state index contributed by atoms with van der Waals surface area (Å²) in [5, 5.41) is 15.5. The van der Waals surface area contributed by atoms with Crippen LogP contribution in [0.2, 0.25) is 0 Å². The Labute approximate surface area is 483 Å². The maximum Gasteiger partial charge on any atom is 0.305 e. The Morgan fingerprint density at radius 1 is 0.444 bits per heavy atom. The Morgan fingerprint density at radius 3 is 1.17 bits per heavy atom. The number of allylic oxidation sites excluding steroid dienone is 6.